The molecule has 30 heavy (non-hydrogen) atoms. The summed E-state index contributed by atoms with van der Waals surface area (Å²) in [6, 6.07) is 9.98. The highest BCUT2D eigenvalue weighted by molar-refractivity contribution is 6.05. The Morgan fingerprint density at radius 1 is 1.17 bits per heavy atom. The maximum atomic E-state index is 13.8. The summed E-state index contributed by atoms with van der Waals surface area (Å²) in [5.41, 5.74) is 0.143. The highest BCUT2D eigenvalue weighted by Gasteiger charge is 2.26. The number of nitrogens with one attached hydrogen (secondary N) is 2. The molecule has 7 nitrogen and oxygen atoms in total. The van der Waals surface area contributed by atoms with Crippen LogP contribution in [-0.4, -0.2) is 42.0 Å². The highest BCUT2D eigenvalue weighted by Crippen LogP contribution is 2.27. The van der Waals surface area contributed by atoms with Crippen molar-refractivity contribution in [2.24, 2.45) is 0 Å². The van der Waals surface area contributed by atoms with Crippen molar-refractivity contribution in [3.05, 3.63) is 59.4 Å². The molecule has 0 saturated carbocycles. The predicted octanol–water partition coefficient (Wildman–Crippen LogP) is 3.34. The molecule has 3 N–H and O–H groups in total. The number of carbonyl (C=O) groups excluding carboxylic acids is 2. The molecular formula is C22H27FN2O5. The van der Waals surface area contributed by atoms with Crippen LogP contribution in [0.25, 0.3) is 0 Å². The number of hydrogen-bond acceptors (Lipinski definition) is 6. The van der Waals surface area contributed by atoms with Gasteiger partial charge in [0.25, 0.3) is 5.91 Å². The molecule has 0 heterocycles. The zero-order valence-corrected chi connectivity index (χ0v) is 17.5. The van der Waals surface area contributed by atoms with E-state index in [4.69, 9.17) is 9.47 Å². The van der Waals surface area contributed by atoms with Crippen LogP contribution < -0.4 is 15.4 Å². The van der Waals surface area contributed by atoms with Crippen LogP contribution in [0.15, 0.2) is 42.5 Å². The molecule has 8 heteroatoms. The summed E-state index contributed by atoms with van der Waals surface area (Å²) >= 11 is 0. The molecule has 2 aromatic rings. The number of carbonyl (C=O) groups is 2. The third kappa shape index (κ3) is 6.53. The van der Waals surface area contributed by atoms with Gasteiger partial charge in [-0.1, -0.05) is 26.0 Å². The second-order valence-electron chi connectivity index (χ2n) is 7.18. The zero-order chi connectivity index (χ0) is 22.3. The summed E-state index contributed by atoms with van der Waals surface area (Å²) in [6.07, 6.45) is 0. The Labute approximate surface area is 175 Å². The lowest BCUT2D eigenvalue weighted by atomic mass is 10.1. The summed E-state index contributed by atoms with van der Waals surface area (Å²) in [5, 5.41) is 16.1. The number of ether oxygens (including phenoxy) is 2. The normalized spacial score (nSPS) is 12.9. The quantitative estimate of drug-likeness (QED) is 0.427. The van der Waals surface area contributed by atoms with Gasteiger partial charge in [0.15, 0.2) is 0 Å². The van der Waals surface area contributed by atoms with Crippen molar-refractivity contribution in [2.45, 2.75) is 39.5 Å². The second-order valence-corrected chi connectivity index (χ2v) is 7.18. The molecule has 0 aromatic heterocycles. The predicted molar refractivity (Wildman–Crippen MR) is 111 cm³/mol. The molecule has 1 amide bonds. The summed E-state index contributed by atoms with van der Waals surface area (Å²) in [6.45, 7) is 7.23. The molecule has 0 fully saturated rings. The molecule has 0 saturated heterocycles. The number of rotatable bonds is 9. The Kier molecular flexibility index (Phi) is 7.91. The maximum Gasteiger partial charge on any atom is 0.341 e. The van der Waals surface area contributed by atoms with Crippen LogP contribution in [0.5, 0.6) is 5.75 Å². The van der Waals surface area contributed by atoms with Crippen molar-refractivity contribution < 1.29 is 28.6 Å². The van der Waals surface area contributed by atoms with E-state index in [1.807, 2.05) is 13.8 Å². The Bertz CT molecular complexity index is 899. The highest BCUT2D eigenvalue weighted by atomic mass is 19.1. The van der Waals surface area contributed by atoms with E-state index in [0.717, 1.165) is 0 Å². The van der Waals surface area contributed by atoms with Crippen LogP contribution in [0.4, 0.5) is 10.1 Å². The fraction of sp³-hybridized carbons (Fsp3) is 0.364. The SMILES string of the molecule is CCOC(=O)c1cc(NC(=O)c2ccccc2F)ccc1OC(C)(O)CNC(C)C. The Morgan fingerprint density at radius 3 is 2.50 bits per heavy atom. The van der Waals surface area contributed by atoms with Crippen molar-refractivity contribution in [3.63, 3.8) is 0 Å². The first-order chi connectivity index (χ1) is 14.1. The molecule has 2 aromatic carbocycles. The van der Waals surface area contributed by atoms with E-state index in [-0.39, 0.29) is 41.8 Å². The molecule has 2 rings (SSSR count). The molecule has 0 bridgehead atoms. The number of halogens is 1. The summed E-state index contributed by atoms with van der Waals surface area (Å²) in [7, 11) is 0. The van der Waals surface area contributed by atoms with Crippen LogP contribution in [0.2, 0.25) is 0 Å². The third-order valence-electron chi connectivity index (χ3n) is 4.02. The van der Waals surface area contributed by atoms with Gasteiger partial charge < -0.3 is 25.2 Å². The number of aliphatic hydroxyl groups is 1. The second kappa shape index (κ2) is 10.2. The summed E-state index contributed by atoms with van der Waals surface area (Å²) in [5.74, 6) is -3.50. The number of anilines is 1. The molecular weight excluding hydrogens is 391 g/mol. The van der Waals surface area contributed by atoms with Gasteiger partial charge in [-0.25, -0.2) is 9.18 Å². The fourth-order valence-electron chi connectivity index (χ4n) is 2.58. The van der Waals surface area contributed by atoms with Gasteiger partial charge in [0.1, 0.15) is 17.1 Å². The van der Waals surface area contributed by atoms with E-state index in [0.29, 0.717) is 0 Å². The first kappa shape index (κ1) is 23.3. The molecule has 0 aliphatic carbocycles. The van der Waals surface area contributed by atoms with Crippen LogP contribution >= 0.6 is 0 Å². The van der Waals surface area contributed by atoms with Crippen molar-refractivity contribution in [2.75, 3.05) is 18.5 Å². The topological polar surface area (TPSA) is 96.9 Å². The molecule has 0 spiro atoms. The first-order valence-corrected chi connectivity index (χ1v) is 9.64. The van der Waals surface area contributed by atoms with E-state index >= 15 is 0 Å². The lowest BCUT2D eigenvalue weighted by molar-refractivity contribution is -0.119. The summed E-state index contributed by atoms with van der Waals surface area (Å²) in [4.78, 5) is 24.8. The minimum Gasteiger partial charge on any atom is -0.462 e. The average Bonchev–Trinajstić information content (AvgIpc) is 2.68. The van der Waals surface area contributed by atoms with Crippen molar-refractivity contribution in [1.29, 1.82) is 0 Å². The number of esters is 1. The molecule has 1 unspecified atom stereocenters. The van der Waals surface area contributed by atoms with Crippen molar-refractivity contribution in [3.8, 4) is 5.75 Å². The molecule has 1 atom stereocenters. The van der Waals surface area contributed by atoms with Gasteiger partial charge in [-0.15, -0.1) is 0 Å². The fourth-order valence-corrected chi connectivity index (χ4v) is 2.58. The Hall–Kier alpha value is -2.97. The Balaban J connectivity index is 2.28. The largest absolute Gasteiger partial charge is 0.462 e. The van der Waals surface area contributed by atoms with Crippen LogP contribution in [0.3, 0.4) is 0 Å². The van der Waals surface area contributed by atoms with Gasteiger partial charge in [-0.3, -0.25) is 4.79 Å². The number of amides is 1. The Morgan fingerprint density at radius 2 is 1.87 bits per heavy atom. The van der Waals surface area contributed by atoms with Gasteiger partial charge in [0, 0.05) is 18.7 Å². The molecule has 0 aliphatic rings. The van der Waals surface area contributed by atoms with E-state index < -0.39 is 23.5 Å². The molecule has 0 aliphatic heterocycles. The van der Waals surface area contributed by atoms with E-state index in [1.165, 1.54) is 43.3 Å². The minimum atomic E-state index is -1.59. The van der Waals surface area contributed by atoms with Crippen LogP contribution in [-0.2, 0) is 4.74 Å². The van der Waals surface area contributed by atoms with Gasteiger partial charge in [0.05, 0.1) is 18.7 Å². The maximum absolute atomic E-state index is 13.8. The van der Waals surface area contributed by atoms with Gasteiger partial charge in [0.2, 0.25) is 5.79 Å². The lowest BCUT2D eigenvalue weighted by Crippen LogP contribution is -2.45. The summed E-state index contributed by atoms with van der Waals surface area (Å²) < 4.78 is 24.5. The van der Waals surface area contributed by atoms with Gasteiger partial charge in [-0.05, 0) is 37.3 Å². The first-order valence-electron chi connectivity index (χ1n) is 9.64. The number of benzene rings is 2. The van der Waals surface area contributed by atoms with E-state index in [9.17, 15) is 19.1 Å². The van der Waals surface area contributed by atoms with Crippen LogP contribution in [0.1, 0.15) is 48.4 Å². The number of hydrogen-bond donors (Lipinski definition) is 3. The molecule has 162 valence electrons. The lowest BCUT2D eigenvalue weighted by Gasteiger charge is -2.27. The average molecular weight is 418 g/mol. The van der Waals surface area contributed by atoms with Crippen molar-refractivity contribution >= 4 is 17.6 Å². The zero-order valence-electron chi connectivity index (χ0n) is 17.5. The monoisotopic (exact) mass is 418 g/mol. The van der Waals surface area contributed by atoms with Crippen LogP contribution in [0, 0.1) is 5.82 Å². The van der Waals surface area contributed by atoms with E-state index in [2.05, 4.69) is 10.6 Å². The third-order valence-corrected chi connectivity index (χ3v) is 4.02. The van der Waals surface area contributed by atoms with Crippen molar-refractivity contribution in [1.82, 2.24) is 5.32 Å². The van der Waals surface area contributed by atoms with Gasteiger partial charge >= 0.3 is 5.97 Å². The molecule has 0 radical (unpaired) electrons. The van der Waals surface area contributed by atoms with E-state index in [1.54, 1.807) is 13.0 Å². The standard InChI is InChI=1S/C22H27FN2O5/c1-5-29-21(27)17-12-15(25-20(26)16-8-6-7-9-18(16)23)10-11-19(17)30-22(4,28)13-24-14(2)3/h6-12,14,24,28H,5,13H2,1-4H3,(H,25,26). The van der Waals surface area contributed by atoms with Gasteiger partial charge in [-0.2, -0.15) is 0 Å². The smallest absolute Gasteiger partial charge is 0.341 e. The minimum absolute atomic E-state index is 0.0213.